The molecule has 2 rings (SSSR count). The number of ether oxygens (including phenoxy) is 1. The lowest BCUT2D eigenvalue weighted by atomic mass is 9.85. The Bertz CT molecular complexity index is 397. The predicted octanol–water partition coefficient (Wildman–Crippen LogP) is 1.84. The molecule has 120 valence electrons. The summed E-state index contributed by atoms with van der Waals surface area (Å²) in [6.07, 6.45) is 3.49. The van der Waals surface area contributed by atoms with Gasteiger partial charge in [0.2, 0.25) is 0 Å². The van der Waals surface area contributed by atoms with Gasteiger partial charge in [-0.05, 0) is 37.5 Å². The molecule has 6 heteroatoms. The van der Waals surface area contributed by atoms with Crippen LogP contribution in [0.3, 0.4) is 0 Å². The van der Waals surface area contributed by atoms with Crippen molar-refractivity contribution in [2.24, 2.45) is 5.41 Å². The van der Waals surface area contributed by atoms with Crippen molar-refractivity contribution in [2.45, 2.75) is 58.2 Å². The van der Waals surface area contributed by atoms with E-state index in [-0.39, 0.29) is 12.1 Å². The van der Waals surface area contributed by atoms with E-state index in [4.69, 9.17) is 9.84 Å². The van der Waals surface area contributed by atoms with Crippen molar-refractivity contribution in [3.8, 4) is 0 Å². The normalized spacial score (nSPS) is 29.0. The SMILES string of the molecule is CC1(C)CCCN(C(=O)NCC2CCC(C(=O)O)O2)CC1. The topological polar surface area (TPSA) is 78.9 Å². The average Bonchev–Trinajstić information content (AvgIpc) is 2.81. The second-order valence-electron chi connectivity index (χ2n) is 6.85. The molecule has 2 atom stereocenters. The first-order chi connectivity index (χ1) is 9.87. The minimum absolute atomic E-state index is 0.0601. The standard InChI is InChI=1S/C15H26N2O4/c1-15(2)6-3-8-17(9-7-15)14(20)16-10-11-4-5-12(21-11)13(18)19/h11-12H,3-10H2,1-2H3,(H,16,20)(H,18,19). The van der Waals surface area contributed by atoms with E-state index in [0.717, 1.165) is 32.4 Å². The Morgan fingerprint density at radius 3 is 2.71 bits per heavy atom. The highest BCUT2D eigenvalue weighted by atomic mass is 16.5. The van der Waals surface area contributed by atoms with Crippen molar-refractivity contribution in [1.82, 2.24) is 10.2 Å². The zero-order chi connectivity index (χ0) is 15.5. The predicted molar refractivity (Wildman–Crippen MR) is 78.1 cm³/mol. The third kappa shape index (κ3) is 4.59. The molecule has 2 aliphatic rings. The maximum atomic E-state index is 12.2. The Morgan fingerprint density at radius 2 is 2.05 bits per heavy atom. The summed E-state index contributed by atoms with van der Waals surface area (Å²) >= 11 is 0. The van der Waals surface area contributed by atoms with Crippen LogP contribution in [0, 0.1) is 5.41 Å². The van der Waals surface area contributed by atoms with E-state index < -0.39 is 12.1 Å². The fourth-order valence-corrected chi connectivity index (χ4v) is 2.98. The number of urea groups is 1. The lowest BCUT2D eigenvalue weighted by molar-refractivity contribution is -0.149. The molecule has 0 aromatic rings. The fraction of sp³-hybridized carbons (Fsp3) is 0.867. The van der Waals surface area contributed by atoms with Crippen molar-refractivity contribution in [3.63, 3.8) is 0 Å². The maximum Gasteiger partial charge on any atom is 0.332 e. The van der Waals surface area contributed by atoms with Gasteiger partial charge in [0, 0.05) is 19.6 Å². The third-order valence-electron chi connectivity index (χ3n) is 4.49. The quantitative estimate of drug-likeness (QED) is 0.833. The molecule has 2 heterocycles. The van der Waals surface area contributed by atoms with Crippen LogP contribution in [0.5, 0.6) is 0 Å². The first-order valence-corrected chi connectivity index (χ1v) is 7.78. The molecule has 2 fully saturated rings. The number of carboxylic acid groups (broad SMARTS) is 1. The minimum atomic E-state index is -0.918. The highest BCUT2D eigenvalue weighted by molar-refractivity contribution is 5.74. The van der Waals surface area contributed by atoms with E-state index in [2.05, 4.69) is 19.2 Å². The molecule has 0 aliphatic carbocycles. The monoisotopic (exact) mass is 298 g/mol. The van der Waals surface area contributed by atoms with E-state index >= 15 is 0 Å². The van der Waals surface area contributed by atoms with Crippen LogP contribution in [0.1, 0.15) is 46.0 Å². The summed E-state index contributed by atoms with van der Waals surface area (Å²) in [6, 6.07) is -0.0601. The van der Waals surface area contributed by atoms with Gasteiger partial charge in [-0.3, -0.25) is 0 Å². The molecule has 0 bridgehead atoms. The molecule has 0 aromatic carbocycles. The van der Waals surface area contributed by atoms with Gasteiger partial charge < -0.3 is 20.1 Å². The van der Waals surface area contributed by atoms with Gasteiger partial charge in [0.05, 0.1) is 6.10 Å². The van der Waals surface area contributed by atoms with Gasteiger partial charge in [-0.15, -0.1) is 0 Å². The fourth-order valence-electron chi connectivity index (χ4n) is 2.98. The molecule has 6 nitrogen and oxygen atoms in total. The van der Waals surface area contributed by atoms with E-state index in [1.165, 1.54) is 0 Å². The van der Waals surface area contributed by atoms with Crippen LogP contribution < -0.4 is 5.32 Å². The Labute approximate surface area is 125 Å². The number of hydrogen-bond acceptors (Lipinski definition) is 3. The summed E-state index contributed by atoms with van der Waals surface area (Å²) in [7, 11) is 0. The Balaban J connectivity index is 1.74. The number of hydrogen-bond donors (Lipinski definition) is 2. The smallest absolute Gasteiger partial charge is 0.332 e. The summed E-state index contributed by atoms with van der Waals surface area (Å²) in [4.78, 5) is 24.8. The Hall–Kier alpha value is -1.30. The molecule has 0 spiro atoms. The van der Waals surface area contributed by atoms with Gasteiger partial charge in [-0.25, -0.2) is 9.59 Å². The minimum Gasteiger partial charge on any atom is -0.479 e. The lowest BCUT2D eigenvalue weighted by Gasteiger charge is -2.24. The molecule has 2 saturated heterocycles. The molecule has 0 saturated carbocycles. The van der Waals surface area contributed by atoms with Crippen molar-refractivity contribution in [1.29, 1.82) is 0 Å². The first kappa shape index (κ1) is 16.1. The van der Waals surface area contributed by atoms with E-state index in [1.54, 1.807) is 0 Å². The van der Waals surface area contributed by atoms with Crippen LogP contribution in [-0.2, 0) is 9.53 Å². The van der Waals surface area contributed by atoms with Crippen LogP contribution >= 0.6 is 0 Å². The van der Waals surface area contributed by atoms with Crippen molar-refractivity contribution < 1.29 is 19.4 Å². The van der Waals surface area contributed by atoms with E-state index in [9.17, 15) is 9.59 Å². The van der Waals surface area contributed by atoms with Crippen LogP contribution in [0.4, 0.5) is 4.79 Å². The molecule has 2 N–H and O–H groups in total. The summed E-state index contributed by atoms with van der Waals surface area (Å²) in [6.45, 7) is 6.45. The number of amides is 2. The molecule has 21 heavy (non-hydrogen) atoms. The Kier molecular flexibility index (Phi) is 5.08. The summed E-state index contributed by atoms with van der Waals surface area (Å²) in [5, 5.41) is 11.8. The van der Waals surface area contributed by atoms with E-state index in [0.29, 0.717) is 24.8 Å². The van der Waals surface area contributed by atoms with Crippen molar-refractivity contribution in [3.05, 3.63) is 0 Å². The number of likely N-dealkylation sites (tertiary alicyclic amines) is 1. The van der Waals surface area contributed by atoms with Gasteiger partial charge in [0.15, 0.2) is 6.10 Å². The highest BCUT2D eigenvalue weighted by Gasteiger charge is 2.31. The van der Waals surface area contributed by atoms with Crippen molar-refractivity contribution >= 4 is 12.0 Å². The summed E-state index contributed by atoms with van der Waals surface area (Å²) in [5.74, 6) is -0.918. The second kappa shape index (κ2) is 6.64. The zero-order valence-corrected chi connectivity index (χ0v) is 12.9. The maximum absolute atomic E-state index is 12.2. The molecular weight excluding hydrogens is 272 g/mol. The van der Waals surface area contributed by atoms with Crippen LogP contribution in [-0.4, -0.2) is 53.8 Å². The number of nitrogens with one attached hydrogen (secondary N) is 1. The van der Waals surface area contributed by atoms with Gasteiger partial charge in [0.25, 0.3) is 0 Å². The number of rotatable bonds is 3. The number of nitrogens with zero attached hydrogens (tertiary/aromatic N) is 1. The number of aliphatic carboxylic acids is 1. The van der Waals surface area contributed by atoms with Gasteiger partial charge in [0.1, 0.15) is 0 Å². The number of carbonyl (C=O) groups excluding carboxylic acids is 1. The second-order valence-corrected chi connectivity index (χ2v) is 6.85. The zero-order valence-electron chi connectivity index (χ0n) is 12.9. The summed E-state index contributed by atoms with van der Waals surface area (Å²) < 4.78 is 5.39. The van der Waals surface area contributed by atoms with Gasteiger partial charge in [-0.1, -0.05) is 13.8 Å². The Morgan fingerprint density at radius 1 is 1.29 bits per heavy atom. The average molecular weight is 298 g/mol. The molecular formula is C15H26N2O4. The van der Waals surface area contributed by atoms with E-state index in [1.807, 2.05) is 4.90 Å². The molecule has 2 unspecified atom stereocenters. The van der Waals surface area contributed by atoms with Crippen molar-refractivity contribution in [2.75, 3.05) is 19.6 Å². The van der Waals surface area contributed by atoms with Gasteiger partial charge in [-0.2, -0.15) is 0 Å². The van der Waals surface area contributed by atoms with Crippen LogP contribution in [0.25, 0.3) is 0 Å². The molecule has 0 radical (unpaired) electrons. The highest BCUT2D eigenvalue weighted by Crippen LogP contribution is 2.29. The number of carboxylic acids is 1. The third-order valence-corrected chi connectivity index (χ3v) is 4.49. The van der Waals surface area contributed by atoms with Crippen LogP contribution in [0.15, 0.2) is 0 Å². The largest absolute Gasteiger partial charge is 0.479 e. The van der Waals surface area contributed by atoms with Gasteiger partial charge >= 0.3 is 12.0 Å². The molecule has 2 amide bonds. The first-order valence-electron chi connectivity index (χ1n) is 7.78. The number of carbonyl (C=O) groups is 2. The molecule has 2 aliphatic heterocycles. The summed E-state index contributed by atoms with van der Waals surface area (Å²) in [5.41, 5.74) is 0.304. The molecule has 0 aromatic heterocycles. The lowest BCUT2D eigenvalue weighted by Crippen LogP contribution is -2.43. The van der Waals surface area contributed by atoms with Crippen LogP contribution in [0.2, 0.25) is 0 Å².